The first-order valence-electron chi connectivity index (χ1n) is 6.26. The number of aliphatic carboxylic acids is 1. The molecule has 112 valence electrons. The largest absolute Gasteiger partial charge is 0.481 e. The Kier molecular flexibility index (Phi) is 4.75. The van der Waals surface area contributed by atoms with Crippen molar-refractivity contribution in [2.45, 2.75) is 40.0 Å². The number of carbonyl (C=O) groups is 2. The van der Waals surface area contributed by atoms with Crippen LogP contribution < -0.4 is 10.6 Å². The van der Waals surface area contributed by atoms with Crippen molar-refractivity contribution in [3.05, 3.63) is 11.1 Å². The highest BCUT2D eigenvalue weighted by Gasteiger charge is 2.27. The number of hydrogen-bond donors (Lipinski definition) is 3. The summed E-state index contributed by atoms with van der Waals surface area (Å²) in [6.45, 7) is 9.28. The molecule has 3 N–H and O–H groups in total. The molecule has 6 nitrogen and oxygen atoms in total. The minimum Gasteiger partial charge on any atom is -0.481 e. The summed E-state index contributed by atoms with van der Waals surface area (Å²) >= 11 is 1.35. The second kappa shape index (κ2) is 5.78. The number of anilines is 1. The predicted octanol–water partition coefficient (Wildman–Crippen LogP) is 2.67. The summed E-state index contributed by atoms with van der Waals surface area (Å²) in [5, 5.41) is 16.5. The van der Waals surface area contributed by atoms with Crippen molar-refractivity contribution in [1.29, 1.82) is 0 Å². The second-order valence-corrected chi connectivity index (χ2v) is 7.14. The zero-order valence-corrected chi connectivity index (χ0v) is 13.2. The van der Waals surface area contributed by atoms with E-state index in [-0.39, 0.29) is 12.0 Å². The smallest absolute Gasteiger partial charge is 0.321 e. The molecule has 0 unspecified atom stereocenters. The molecular weight excluding hydrogens is 278 g/mol. The van der Waals surface area contributed by atoms with E-state index in [9.17, 15) is 9.59 Å². The molecule has 0 atom stereocenters. The van der Waals surface area contributed by atoms with E-state index in [2.05, 4.69) is 15.6 Å². The van der Waals surface area contributed by atoms with Crippen molar-refractivity contribution < 1.29 is 14.7 Å². The summed E-state index contributed by atoms with van der Waals surface area (Å²) in [5.41, 5.74) is -0.168. The summed E-state index contributed by atoms with van der Waals surface area (Å²) in [5.74, 6) is -0.956. The van der Waals surface area contributed by atoms with Gasteiger partial charge in [-0.05, 0) is 13.8 Å². The number of rotatable bonds is 4. The standard InChI is InChI=1S/C13H21N3O3S/c1-12(2,3)8-6-20-11(15-8)16-10(19)14-7-13(4,5)9(17)18/h6H,7H2,1-5H3,(H,17,18)(H2,14,15,16,19). The van der Waals surface area contributed by atoms with Gasteiger partial charge >= 0.3 is 12.0 Å². The first-order chi connectivity index (χ1) is 9.02. The predicted molar refractivity (Wildman–Crippen MR) is 79.3 cm³/mol. The Balaban J connectivity index is 2.55. The van der Waals surface area contributed by atoms with Gasteiger partial charge in [0.25, 0.3) is 0 Å². The summed E-state index contributed by atoms with van der Waals surface area (Å²) in [7, 11) is 0. The summed E-state index contributed by atoms with van der Waals surface area (Å²) in [6.07, 6.45) is 0. The van der Waals surface area contributed by atoms with Gasteiger partial charge in [0, 0.05) is 17.3 Å². The van der Waals surface area contributed by atoms with E-state index in [1.807, 2.05) is 26.2 Å². The number of thiazole rings is 1. The van der Waals surface area contributed by atoms with Crippen molar-refractivity contribution in [1.82, 2.24) is 10.3 Å². The highest BCUT2D eigenvalue weighted by Crippen LogP contribution is 2.26. The van der Waals surface area contributed by atoms with Crippen LogP contribution >= 0.6 is 11.3 Å². The summed E-state index contributed by atoms with van der Waals surface area (Å²) in [6, 6.07) is -0.450. The van der Waals surface area contributed by atoms with Gasteiger partial charge in [0.1, 0.15) is 0 Å². The number of carboxylic acids is 1. The molecular formula is C13H21N3O3S. The van der Waals surface area contributed by atoms with Gasteiger partial charge in [0.15, 0.2) is 5.13 Å². The third-order valence-electron chi connectivity index (χ3n) is 2.76. The monoisotopic (exact) mass is 299 g/mol. The van der Waals surface area contributed by atoms with Crippen LogP contribution in [-0.4, -0.2) is 28.6 Å². The fourth-order valence-electron chi connectivity index (χ4n) is 1.19. The highest BCUT2D eigenvalue weighted by molar-refractivity contribution is 7.13. The van der Waals surface area contributed by atoms with E-state index in [0.29, 0.717) is 5.13 Å². The van der Waals surface area contributed by atoms with E-state index in [4.69, 9.17) is 5.11 Å². The van der Waals surface area contributed by atoms with Gasteiger partial charge < -0.3 is 10.4 Å². The maximum absolute atomic E-state index is 11.7. The Morgan fingerprint density at radius 3 is 2.35 bits per heavy atom. The minimum absolute atomic E-state index is 0.0473. The lowest BCUT2D eigenvalue weighted by atomic mass is 9.93. The maximum atomic E-state index is 11.7. The van der Waals surface area contributed by atoms with Gasteiger partial charge in [0.2, 0.25) is 0 Å². The Morgan fingerprint density at radius 2 is 1.90 bits per heavy atom. The number of aromatic nitrogens is 1. The first-order valence-corrected chi connectivity index (χ1v) is 7.14. The van der Waals surface area contributed by atoms with Crippen molar-refractivity contribution >= 4 is 28.5 Å². The molecule has 1 aromatic rings. The lowest BCUT2D eigenvalue weighted by molar-refractivity contribution is -0.146. The molecule has 0 spiro atoms. The van der Waals surface area contributed by atoms with Crippen molar-refractivity contribution in [3.63, 3.8) is 0 Å². The minimum atomic E-state index is -1.00. The molecule has 0 aromatic carbocycles. The van der Waals surface area contributed by atoms with E-state index in [0.717, 1.165) is 5.69 Å². The lowest BCUT2D eigenvalue weighted by Gasteiger charge is -2.19. The number of carbonyl (C=O) groups excluding carboxylic acids is 1. The van der Waals surface area contributed by atoms with Crippen LogP contribution in [0.3, 0.4) is 0 Å². The Morgan fingerprint density at radius 1 is 1.30 bits per heavy atom. The van der Waals surface area contributed by atoms with E-state index >= 15 is 0 Å². The number of carboxylic acid groups (broad SMARTS) is 1. The molecule has 0 aliphatic carbocycles. The van der Waals surface area contributed by atoms with Crippen LogP contribution in [0.5, 0.6) is 0 Å². The Bertz CT molecular complexity index is 503. The van der Waals surface area contributed by atoms with Crippen molar-refractivity contribution in [2.75, 3.05) is 11.9 Å². The molecule has 0 aliphatic heterocycles. The summed E-state index contributed by atoms with van der Waals surface area (Å²) < 4.78 is 0. The number of nitrogens with zero attached hydrogens (tertiary/aromatic N) is 1. The first kappa shape index (κ1) is 16.4. The van der Waals surface area contributed by atoms with Crippen LogP contribution in [0.4, 0.5) is 9.93 Å². The lowest BCUT2D eigenvalue weighted by Crippen LogP contribution is -2.40. The molecule has 1 heterocycles. The molecule has 0 saturated heterocycles. The molecule has 1 aromatic heterocycles. The fourth-order valence-corrected chi connectivity index (χ4v) is 2.13. The average Bonchev–Trinajstić information content (AvgIpc) is 2.74. The van der Waals surface area contributed by atoms with Crippen molar-refractivity contribution in [2.24, 2.45) is 5.41 Å². The molecule has 7 heteroatoms. The van der Waals surface area contributed by atoms with Gasteiger partial charge in [-0.15, -0.1) is 11.3 Å². The van der Waals surface area contributed by atoms with E-state index in [1.54, 1.807) is 13.8 Å². The van der Waals surface area contributed by atoms with Crippen molar-refractivity contribution in [3.8, 4) is 0 Å². The molecule has 0 radical (unpaired) electrons. The SMILES string of the molecule is CC(C)(CNC(=O)Nc1nc(C(C)(C)C)cs1)C(=O)O. The summed E-state index contributed by atoms with van der Waals surface area (Å²) in [4.78, 5) is 26.9. The average molecular weight is 299 g/mol. The zero-order valence-electron chi connectivity index (χ0n) is 12.4. The molecule has 0 aliphatic rings. The molecule has 0 bridgehead atoms. The zero-order chi connectivity index (χ0) is 15.6. The Hall–Kier alpha value is -1.63. The quantitative estimate of drug-likeness (QED) is 0.797. The van der Waals surface area contributed by atoms with Crippen LogP contribution in [0.25, 0.3) is 0 Å². The van der Waals surface area contributed by atoms with Crippen LogP contribution in [0, 0.1) is 5.41 Å². The van der Waals surface area contributed by atoms with Crippen LogP contribution in [-0.2, 0) is 10.2 Å². The van der Waals surface area contributed by atoms with E-state index < -0.39 is 17.4 Å². The maximum Gasteiger partial charge on any atom is 0.321 e. The van der Waals surface area contributed by atoms with E-state index in [1.165, 1.54) is 11.3 Å². The third-order valence-corrected chi connectivity index (χ3v) is 3.52. The van der Waals surface area contributed by atoms with Gasteiger partial charge in [-0.3, -0.25) is 10.1 Å². The number of urea groups is 1. The molecule has 0 saturated carbocycles. The van der Waals surface area contributed by atoms with Gasteiger partial charge in [0.05, 0.1) is 11.1 Å². The number of hydrogen-bond acceptors (Lipinski definition) is 4. The van der Waals surface area contributed by atoms with Crippen LogP contribution in [0.1, 0.15) is 40.3 Å². The molecule has 1 rings (SSSR count). The molecule has 0 fully saturated rings. The number of nitrogens with one attached hydrogen (secondary N) is 2. The highest BCUT2D eigenvalue weighted by atomic mass is 32.1. The van der Waals surface area contributed by atoms with Gasteiger partial charge in [-0.1, -0.05) is 20.8 Å². The third kappa shape index (κ3) is 4.48. The topological polar surface area (TPSA) is 91.3 Å². The number of amides is 2. The fraction of sp³-hybridized carbons (Fsp3) is 0.615. The van der Waals surface area contributed by atoms with Gasteiger partial charge in [-0.2, -0.15) is 0 Å². The van der Waals surface area contributed by atoms with Gasteiger partial charge in [-0.25, -0.2) is 9.78 Å². The molecule has 2 amide bonds. The normalized spacial score (nSPS) is 12.1. The Labute approximate surface area is 122 Å². The van der Waals surface area contributed by atoms with Crippen LogP contribution in [0.15, 0.2) is 5.38 Å². The second-order valence-electron chi connectivity index (χ2n) is 6.28. The van der Waals surface area contributed by atoms with Crippen LogP contribution in [0.2, 0.25) is 0 Å². The molecule has 20 heavy (non-hydrogen) atoms.